The highest BCUT2D eigenvalue weighted by molar-refractivity contribution is 7.19. The summed E-state index contributed by atoms with van der Waals surface area (Å²) in [6, 6.07) is 10.2. The topological polar surface area (TPSA) is 76.2 Å². The molecule has 0 bridgehead atoms. The van der Waals surface area contributed by atoms with E-state index >= 15 is 0 Å². The number of piperidine rings is 1. The number of likely N-dealkylation sites (tertiary alicyclic amines) is 1. The van der Waals surface area contributed by atoms with Crippen molar-refractivity contribution < 1.29 is 9.32 Å². The molecule has 0 aliphatic carbocycles. The third-order valence-electron chi connectivity index (χ3n) is 6.18. The predicted octanol–water partition coefficient (Wildman–Crippen LogP) is 5.06. The summed E-state index contributed by atoms with van der Waals surface area (Å²) in [5.74, 6) is 0.626. The highest BCUT2D eigenvalue weighted by Gasteiger charge is 2.24. The molecule has 0 saturated carbocycles. The zero-order valence-corrected chi connectivity index (χ0v) is 20.2. The van der Waals surface area contributed by atoms with E-state index in [2.05, 4.69) is 34.2 Å². The molecule has 33 heavy (non-hydrogen) atoms. The molecule has 0 unspecified atom stereocenters. The Hall–Kier alpha value is -2.68. The molecule has 0 radical (unpaired) electrons. The number of halogens is 1. The van der Waals surface area contributed by atoms with Crippen LogP contribution in [0.3, 0.4) is 0 Å². The van der Waals surface area contributed by atoms with E-state index in [-0.39, 0.29) is 11.9 Å². The molecule has 9 heteroatoms. The van der Waals surface area contributed by atoms with Crippen molar-refractivity contribution in [3.63, 3.8) is 0 Å². The van der Waals surface area contributed by atoms with Gasteiger partial charge in [0.2, 0.25) is 0 Å². The molecule has 1 aliphatic rings. The zero-order chi connectivity index (χ0) is 22.9. The molecule has 172 valence electrons. The van der Waals surface area contributed by atoms with Crippen LogP contribution in [-0.2, 0) is 6.54 Å². The van der Waals surface area contributed by atoms with Crippen molar-refractivity contribution in [1.82, 2.24) is 24.9 Å². The lowest BCUT2D eigenvalue weighted by Gasteiger charge is -2.34. The molecular weight excluding hydrogens is 458 g/mol. The van der Waals surface area contributed by atoms with Crippen LogP contribution in [-0.4, -0.2) is 50.7 Å². The van der Waals surface area contributed by atoms with Crippen LogP contribution in [0.25, 0.3) is 21.7 Å². The Balaban J connectivity index is 1.34. The normalized spacial score (nSPS) is 15.5. The second kappa shape index (κ2) is 9.29. The summed E-state index contributed by atoms with van der Waals surface area (Å²) in [4.78, 5) is 21.1. The Morgan fingerprint density at radius 1 is 1.30 bits per heavy atom. The smallest absolute Gasteiger partial charge is 0.253 e. The number of amides is 1. The molecule has 5 rings (SSSR count). The first-order valence-electron chi connectivity index (χ1n) is 11.2. The maximum Gasteiger partial charge on any atom is 0.253 e. The quantitative estimate of drug-likeness (QED) is 0.415. The number of hydrogen-bond donors (Lipinski definition) is 1. The first-order valence-corrected chi connectivity index (χ1v) is 12.4. The van der Waals surface area contributed by atoms with Gasteiger partial charge in [-0.2, -0.15) is 0 Å². The van der Waals surface area contributed by atoms with Crippen LogP contribution < -0.4 is 5.32 Å². The number of hydrogen-bond acceptors (Lipinski definition) is 6. The minimum atomic E-state index is -0.0520. The van der Waals surface area contributed by atoms with E-state index in [9.17, 15) is 4.79 Å². The molecular formula is C24H26ClN5O2S. The lowest BCUT2D eigenvalue weighted by atomic mass is 10.0. The number of nitrogens with one attached hydrogen (secondary N) is 1. The maximum atomic E-state index is 13.2. The van der Waals surface area contributed by atoms with Gasteiger partial charge in [-0.15, -0.1) is 11.3 Å². The van der Waals surface area contributed by atoms with E-state index in [1.54, 1.807) is 6.20 Å². The molecule has 1 aliphatic heterocycles. The molecule has 4 aromatic rings. The summed E-state index contributed by atoms with van der Waals surface area (Å²) >= 11 is 7.48. The van der Waals surface area contributed by atoms with Gasteiger partial charge >= 0.3 is 0 Å². The van der Waals surface area contributed by atoms with Gasteiger partial charge in [-0.3, -0.25) is 4.79 Å². The van der Waals surface area contributed by atoms with Gasteiger partial charge in [-0.1, -0.05) is 16.8 Å². The van der Waals surface area contributed by atoms with Gasteiger partial charge in [0.1, 0.15) is 11.3 Å². The second-order valence-electron chi connectivity index (χ2n) is 8.71. The lowest BCUT2D eigenvalue weighted by Crippen LogP contribution is -2.46. The van der Waals surface area contributed by atoms with Crippen LogP contribution in [0, 0.1) is 0 Å². The fourth-order valence-electron chi connectivity index (χ4n) is 4.37. The molecule has 5 heterocycles. The molecule has 0 aromatic carbocycles. The standard InChI is InChI=1S/C24H26ClN5O2S/c1-15(2)29-10-7-16(8-11-29)27-24(31)19-14-30(23-18(19)4-3-9-26-23)13-17-12-20(32-28-17)21-5-6-22(25)33-21/h3-6,9,12,14-16H,7-8,10-11,13H2,1-2H3,(H,27,31). The summed E-state index contributed by atoms with van der Waals surface area (Å²) in [5, 5.41) is 8.28. The minimum absolute atomic E-state index is 0.0520. The number of pyridine rings is 1. The van der Waals surface area contributed by atoms with Crippen LogP contribution in [0.1, 0.15) is 42.7 Å². The van der Waals surface area contributed by atoms with Gasteiger partial charge in [0.15, 0.2) is 5.76 Å². The molecule has 0 atom stereocenters. The van der Waals surface area contributed by atoms with Gasteiger partial charge in [0.25, 0.3) is 5.91 Å². The molecule has 1 N–H and O–H groups in total. The average molecular weight is 484 g/mol. The minimum Gasteiger partial charge on any atom is -0.355 e. The number of carbonyl (C=O) groups excluding carboxylic acids is 1. The highest BCUT2D eigenvalue weighted by atomic mass is 35.5. The molecule has 1 fully saturated rings. The summed E-state index contributed by atoms with van der Waals surface area (Å²) in [7, 11) is 0. The van der Waals surface area contributed by atoms with Crippen molar-refractivity contribution in [3.05, 3.63) is 58.3 Å². The molecule has 1 saturated heterocycles. The second-order valence-corrected chi connectivity index (χ2v) is 10.4. The Kier molecular flexibility index (Phi) is 6.23. The van der Waals surface area contributed by atoms with Gasteiger partial charge in [0.05, 0.1) is 21.3 Å². The van der Waals surface area contributed by atoms with Gasteiger partial charge < -0.3 is 19.3 Å². The SMILES string of the molecule is CC(C)N1CCC(NC(=O)c2cn(Cc3cc(-c4ccc(Cl)s4)on3)c3ncccc23)CC1. The first-order chi connectivity index (χ1) is 16.0. The number of thiophene rings is 1. The van der Waals surface area contributed by atoms with Crippen molar-refractivity contribution in [3.8, 4) is 10.6 Å². The van der Waals surface area contributed by atoms with E-state index in [1.165, 1.54) is 11.3 Å². The predicted molar refractivity (Wildman–Crippen MR) is 131 cm³/mol. The Labute approximate surface area is 201 Å². The fraction of sp³-hybridized carbons (Fsp3) is 0.375. The van der Waals surface area contributed by atoms with Crippen LogP contribution in [0.2, 0.25) is 4.34 Å². The Morgan fingerprint density at radius 3 is 2.85 bits per heavy atom. The van der Waals surface area contributed by atoms with Crippen LogP contribution in [0.5, 0.6) is 0 Å². The number of nitrogens with zero attached hydrogens (tertiary/aromatic N) is 4. The first kappa shape index (κ1) is 22.1. The summed E-state index contributed by atoms with van der Waals surface area (Å²) in [6.45, 7) is 6.91. The molecule has 7 nitrogen and oxygen atoms in total. The Morgan fingerprint density at radius 2 is 2.12 bits per heavy atom. The molecule has 0 spiro atoms. The number of rotatable bonds is 6. The van der Waals surface area contributed by atoms with Crippen LogP contribution >= 0.6 is 22.9 Å². The van der Waals surface area contributed by atoms with Crippen molar-refractivity contribution in [1.29, 1.82) is 0 Å². The van der Waals surface area contributed by atoms with Gasteiger partial charge in [0, 0.05) is 49.0 Å². The zero-order valence-electron chi connectivity index (χ0n) is 18.6. The third-order valence-corrected chi connectivity index (χ3v) is 7.43. The van der Waals surface area contributed by atoms with Crippen molar-refractivity contribution in [2.24, 2.45) is 0 Å². The monoisotopic (exact) mass is 483 g/mol. The fourth-order valence-corrected chi connectivity index (χ4v) is 5.36. The van der Waals surface area contributed by atoms with Gasteiger partial charge in [-0.05, 0) is 51.0 Å². The molecule has 4 aromatic heterocycles. The van der Waals surface area contributed by atoms with E-state index in [4.69, 9.17) is 16.1 Å². The number of fused-ring (bicyclic) bond motifs is 1. The largest absolute Gasteiger partial charge is 0.355 e. The van der Waals surface area contributed by atoms with E-state index < -0.39 is 0 Å². The Bertz CT molecular complexity index is 1270. The third kappa shape index (κ3) is 4.69. The summed E-state index contributed by atoms with van der Waals surface area (Å²) < 4.78 is 8.17. The van der Waals surface area contributed by atoms with Crippen molar-refractivity contribution in [2.75, 3.05) is 13.1 Å². The number of carbonyl (C=O) groups is 1. The van der Waals surface area contributed by atoms with Crippen molar-refractivity contribution >= 4 is 39.9 Å². The summed E-state index contributed by atoms with van der Waals surface area (Å²) in [5.41, 5.74) is 2.14. The van der Waals surface area contributed by atoms with E-state index in [1.807, 2.05) is 41.1 Å². The van der Waals surface area contributed by atoms with E-state index in [0.717, 1.165) is 47.5 Å². The highest BCUT2D eigenvalue weighted by Crippen LogP contribution is 2.31. The van der Waals surface area contributed by atoms with Crippen molar-refractivity contribution in [2.45, 2.75) is 45.3 Å². The number of aromatic nitrogens is 3. The van der Waals surface area contributed by atoms with Crippen LogP contribution in [0.15, 0.2) is 47.2 Å². The van der Waals surface area contributed by atoms with Gasteiger partial charge in [-0.25, -0.2) is 4.98 Å². The average Bonchev–Trinajstić information content (AvgIpc) is 3.53. The maximum absolute atomic E-state index is 13.2. The lowest BCUT2D eigenvalue weighted by molar-refractivity contribution is 0.0902. The molecule has 1 amide bonds. The summed E-state index contributed by atoms with van der Waals surface area (Å²) in [6.07, 6.45) is 5.54. The van der Waals surface area contributed by atoms with Crippen LogP contribution in [0.4, 0.5) is 0 Å². The van der Waals surface area contributed by atoms with E-state index in [0.29, 0.717) is 28.2 Å².